The molecule has 2 fully saturated rings. The van der Waals surface area contributed by atoms with Crippen LogP contribution < -0.4 is 16.0 Å². The van der Waals surface area contributed by atoms with Crippen LogP contribution >= 0.6 is 24.8 Å². The lowest BCUT2D eigenvalue weighted by Crippen LogP contribution is -2.52. The van der Waals surface area contributed by atoms with Crippen molar-refractivity contribution in [3.63, 3.8) is 0 Å². The molecule has 152 valence electrons. The molecular formula is C19H30Cl2N4O2. The van der Waals surface area contributed by atoms with Crippen LogP contribution in [0.2, 0.25) is 0 Å². The maximum atomic E-state index is 12.3. The molecule has 3 rings (SSSR count). The van der Waals surface area contributed by atoms with Crippen molar-refractivity contribution in [1.29, 1.82) is 0 Å². The Morgan fingerprint density at radius 1 is 1.15 bits per heavy atom. The van der Waals surface area contributed by atoms with Crippen LogP contribution in [0.4, 0.5) is 5.69 Å². The maximum Gasteiger partial charge on any atom is 0.238 e. The summed E-state index contributed by atoms with van der Waals surface area (Å²) in [6.07, 6.45) is 1.81. The zero-order valence-corrected chi connectivity index (χ0v) is 17.3. The molecule has 3 N–H and O–H groups in total. The Morgan fingerprint density at radius 2 is 1.78 bits per heavy atom. The Bertz CT molecular complexity index is 591. The van der Waals surface area contributed by atoms with Gasteiger partial charge in [0, 0.05) is 30.7 Å². The standard InChI is InChI=1S/C19H28N4O2.2ClH/c1-14(15-11-20-12-15)19(25)22-17-7-9-23(10-8-17)13-18(24)21-16-5-3-2-4-6-16;;/h2-6,14-15,17,20H,7-13H2,1H3,(H,21,24)(H,22,25);2*1H. The van der Waals surface area contributed by atoms with Gasteiger partial charge in [-0.2, -0.15) is 0 Å². The molecule has 0 aliphatic carbocycles. The Hall–Kier alpha value is -1.34. The van der Waals surface area contributed by atoms with E-state index in [9.17, 15) is 9.59 Å². The minimum absolute atomic E-state index is 0. The summed E-state index contributed by atoms with van der Waals surface area (Å²) >= 11 is 0. The number of hydrogen-bond donors (Lipinski definition) is 3. The molecule has 2 aliphatic heterocycles. The van der Waals surface area contributed by atoms with Gasteiger partial charge in [-0.3, -0.25) is 14.5 Å². The smallest absolute Gasteiger partial charge is 0.238 e. The molecule has 0 spiro atoms. The molecule has 2 amide bonds. The summed E-state index contributed by atoms with van der Waals surface area (Å²) in [7, 11) is 0. The van der Waals surface area contributed by atoms with Crippen molar-refractivity contribution in [2.24, 2.45) is 11.8 Å². The van der Waals surface area contributed by atoms with Crippen LogP contribution in [0.25, 0.3) is 0 Å². The fourth-order valence-corrected chi connectivity index (χ4v) is 3.37. The number of likely N-dealkylation sites (tertiary alicyclic amines) is 1. The first-order valence-electron chi connectivity index (χ1n) is 9.20. The SMILES string of the molecule is CC(C(=O)NC1CCN(CC(=O)Nc2ccccc2)CC1)C1CNC1.Cl.Cl. The molecule has 0 saturated carbocycles. The zero-order chi connectivity index (χ0) is 17.6. The number of para-hydroxylation sites is 1. The summed E-state index contributed by atoms with van der Waals surface area (Å²) < 4.78 is 0. The van der Waals surface area contributed by atoms with Gasteiger partial charge in [0.2, 0.25) is 11.8 Å². The minimum atomic E-state index is 0. The number of benzene rings is 1. The lowest BCUT2D eigenvalue weighted by molar-refractivity contribution is -0.128. The molecule has 0 bridgehead atoms. The average molecular weight is 417 g/mol. The normalized spacial score (nSPS) is 19.0. The fraction of sp³-hybridized carbons (Fsp3) is 0.579. The molecule has 27 heavy (non-hydrogen) atoms. The molecule has 2 aliphatic rings. The third-order valence-electron chi connectivity index (χ3n) is 5.29. The van der Waals surface area contributed by atoms with E-state index in [0.717, 1.165) is 44.7 Å². The first kappa shape index (κ1) is 23.7. The van der Waals surface area contributed by atoms with Crippen molar-refractivity contribution < 1.29 is 9.59 Å². The molecule has 0 aromatic heterocycles. The molecule has 1 aromatic rings. The second kappa shape index (κ2) is 11.5. The van der Waals surface area contributed by atoms with Gasteiger partial charge in [-0.1, -0.05) is 25.1 Å². The number of carbonyl (C=O) groups is 2. The summed E-state index contributed by atoms with van der Waals surface area (Å²) in [5.41, 5.74) is 0.828. The van der Waals surface area contributed by atoms with Crippen molar-refractivity contribution in [2.75, 3.05) is 38.0 Å². The molecule has 8 heteroatoms. The number of piperidine rings is 1. The predicted octanol–water partition coefficient (Wildman–Crippen LogP) is 1.90. The molecule has 2 heterocycles. The fourth-order valence-electron chi connectivity index (χ4n) is 3.37. The van der Waals surface area contributed by atoms with Gasteiger partial charge < -0.3 is 16.0 Å². The van der Waals surface area contributed by atoms with E-state index >= 15 is 0 Å². The van der Waals surface area contributed by atoms with Crippen molar-refractivity contribution >= 4 is 42.3 Å². The van der Waals surface area contributed by atoms with Gasteiger partial charge in [-0.15, -0.1) is 24.8 Å². The first-order chi connectivity index (χ1) is 12.1. The Morgan fingerprint density at radius 3 is 2.33 bits per heavy atom. The van der Waals surface area contributed by atoms with Gasteiger partial charge in [0.1, 0.15) is 0 Å². The third-order valence-corrected chi connectivity index (χ3v) is 5.29. The second-order valence-electron chi connectivity index (χ2n) is 7.18. The number of amides is 2. The van der Waals surface area contributed by atoms with Crippen LogP contribution in [0.15, 0.2) is 30.3 Å². The Kier molecular flexibility index (Phi) is 10.1. The topological polar surface area (TPSA) is 73.5 Å². The van der Waals surface area contributed by atoms with Crippen molar-refractivity contribution in [1.82, 2.24) is 15.5 Å². The monoisotopic (exact) mass is 416 g/mol. The first-order valence-corrected chi connectivity index (χ1v) is 9.20. The largest absolute Gasteiger partial charge is 0.353 e. The summed E-state index contributed by atoms with van der Waals surface area (Å²) in [6, 6.07) is 9.75. The molecule has 0 radical (unpaired) electrons. The Balaban J connectivity index is 0.00000182. The number of nitrogens with zero attached hydrogens (tertiary/aromatic N) is 1. The van der Waals surface area contributed by atoms with E-state index in [4.69, 9.17) is 0 Å². The van der Waals surface area contributed by atoms with E-state index < -0.39 is 0 Å². The number of carbonyl (C=O) groups excluding carboxylic acids is 2. The van der Waals surface area contributed by atoms with Crippen LogP contribution in [-0.2, 0) is 9.59 Å². The highest BCUT2D eigenvalue weighted by atomic mass is 35.5. The maximum absolute atomic E-state index is 12.3. The zero-order valence-electron chi connectivity index (χ0n) is 15.6. The lowest BCUT2D eigenvalue weighted by atomic mass is 9.88. The minimum Gasteiger partial charge on any atom is -0.353 e. The highest BCUT2D eigenvalue weighted by Crippen LogP contribution is 2.17. The van der Waals surface area contributed by atoms with Crippen LogP contribution in [0.1, 0.15) is 19.8 Å². The van der Waals surface area contributed by atoms with Crippen LogP contribution in [0, 0.1) is 11.8 Å². The summed E-state index contributed by atoms with van der Waals surface area (Å²) in [6.45, 7) is 6.00. The van der Waals surface area contributed by atoms with E-state index in [2.05, 4.69) is 20.9 Å². The Labute approximate surface area is 173 Å². The second-order valence-corrected chi connectivity index (χ2v) is 7.18. The van der Waals surface area contributed by atoms with Gasteiger partial charge >= 0.3 is 0 Å². The van der Waals surface area contributed by atoms with E-state index in [0.29, 0.717) is 12.5 Å². The van der Waals surface area contributed by atoms with E-state index in [1.54, 1.807) is 0 Å². The van der Waals surface area contributed by atoms with Crippen LogP contribution in [0.3, 0.4) is 0 Å². The highest BCUT2D eigenvalue weighted by Gasteiger charge is 2.30. The summed E-state index contributed by atoms with van der Waals surface area (Å²) in [5, 5.41) is 9.32. The van der Waals surface area contributed by atoms with Gasteiger partial charge in [-0.25, -0.2) is 0 Å². The lowest BCUT2D eigenvalue weighted by Gasteiger charge is -2.35. The highest BCUT2D eigenvalue weighted by molar-refractivity contribution is 5.92. The molecular weight excluding hydrogens is 387 g/mol. The molecule has 1 atom stereocenters. The van der Waals surface area contributed by atoms with Crippen molar-refractivity contribution in [2.45, 2.75) is 25.8 Å². The van der Waals surface area contributed by atoms with Gasteiger partial charge in [0.25, 0.3) is 0 Å². The number of rotatable bonds is 6. The molecule has 6 nitrogen and oxygen atoms in total. The quantitative estimate of drug-likeness (QED) is 0.661. The predicted molar refractivity (Wildman–Crippen MR) is 113 cm³/mol. The summed E-state index contributed by atoms with van der Waals surface area (Å²) in [4.78, 5) is 26.6. The molecule has 1 unspecified atom stereocenters. The van der Waals surface area contributed by atoms with E-state index in [1.165, 1.54) is 0 Å². The van der Waals surface area contributed by atoms with E-state index in [-0.39, 0.29) is 48.6 Å². The van der Waals surface area contributed by atoms with Crippen LogP contribution in [0.5, 0.6) is 0 Å². The molecule has 1 aromatic carbocycles. The van der Waals surface area contributed by atoms with Crippen LogP contribution in [-0.4, -0.2) is 55.5 Å². The number of anilines is 1. The van der Waals surface area contributed by atoms with Gasteiger partial charge in [0.15, 0.2) is 0 Å². The third kappa shape index (κ3) is 6.96. The van der Waals surface area contributed by atoms with Crippen molar-refractivity contribution in [3.8, 4) is 0 Å². The number of halogens is 2. The van der Waals surface area contributed by atoms with Crippen molar-refractivity contribution in [3.05, 3.63) is 30.3 Å². The van der Waals surface area contributed by atoms with Gasteiger partial charge in [-0.05, 0) is 44.0 Å². The molecule has 2 saturated heterocycles. The number of hydrogen-bond acceptors (Lipinski definition) is 4. The number of nitrogens with one attached hydrogen (secondary N) is 3. The average Bonchev–Trinajstić information content (AvgIpc) is 2.56. The summed E-state index contributed by atoms with van der Waals surface area (Å²) in [5.74, 6) is 0.740. The van der Waals surface area contributed by atoms with Gasteiger partial charge in [0.05, 0.1) is 6.54 Å². The van der Waals surface area contributed by atoms with E-state index in [1.807, 2.05) is 37.3 Å².